The lowest BCUT2D eigenvalue weighted by Crippen LogP contribution is -2.28. The van der Waals surface area contributed by atoms with Crippen LogP contribution >= 0.6 is 0 Å². The van der Waals surface area contributed by atoms with Crippen molar-refractivity contribution in [1.29, 1.82) is 0 Å². The Morgan fingerprint density at radius 2 is 1.85 bits per heavy atom. The van der Waals surface area contributed by atoms with Gasteiger partial charge >= 0.3 is 0 Å². The van der Waals surface area contributed by atoms with E-state index in [1.807, 2.05) is 11.8 Å². The zero-order chi connectivity index (χ0) is 17.9. The van der Waals surface area contributed by atoms with Crippen LogP contribution in [0.4, 0.5) is 11.6 Å². The van der Waals surface area contributed by atoms with Crippen molar-refractivity contribution in [1.82, 2.24) is 25.2 Å². The Labute approximate surface area is 152 Å². The van der Waals surface area contributed by atoms with Crippen LogP contribution in [0.5, 0.6) is 0 Å². The SMILES string of the molecule is CCN1CC(CNc2nc3nonc3nc2N2CCCCCC2)CC1=O. The lowest BCUT2D eigenvalue weighted by molar-refractivity contribution is -0.127. The third kappa shape index (κ3) is 3.42. The van der Waals surface area contributed by atoms with Crippen LogP contribution in [-0.2, 0) is 4.79 Å². The number of nitrogens with zero attached hydrogens (tertiary/aromatic N) is 6. The lowest BCUT2D eigenvalue weighted by Gasteiger charge is -2.24. The van der Waals surface area contributed by atoms with Gasteiger partial charge < -0.3 is 15.1 Å². The van der Waals surface area contributed by atoms with Crippen LogP contribution in [0.2, 0.25) is 0 Å². The molecule has 0 spiro atoms. The van der Waals surface area contributed by atoms with Gasteiger partial charge in [0.1, 0.15) is 0 Å². The van der Waals surface area contributed by atoms with Crippen LogP contribution in [0.25, 0.3) is 11.3 Å². The van der Waals surface area contributed by atoms with Crippen LogP contribution in [0.15, 0.2) is 4.63 Å². The van der Waals surface area contributed by atoms with Crippen molar-refractivity contribution in [3.8, 4) is 0 Å². The molecule has 2 aromatic rings. The van der Waals surface area contributed by atoms with Gasteiger partial charge in [0.15, 0.2) is 11.6 Å². The summed E-state index contributed by atoms with van der Waals surface area (Å²) in [5.41, 5.74) is 0.840. The molecule has 1 atom stereocenters. The predicted molar refractivity (Wildman–Crippen MR) is 96.9 cm³/mol. The second-order valence-electron chi connectivity index (χ2n) is 7.09. The fourth-order valence-electron chi connectivity index (χ4n) is 3.79. The molecule has 0 aromatic carbocycles. The van der Waals surface area contributed by atoms with Crippen molar-refractivity contribution in [2.75, 3.05) is 42.9 Å². The molecule has 1 N–H and O–H groups in total. The van der Waals surface area contributed by atoms with Crippen LogP contribution in [-0.4, -0.2) is 63.8 Å². The highest BCUT2D eigenvalue weighted by atomic mass is 16.6. The summed E-state index contributed by atoms with van der Waals surface area (Å²) in [6, 6.07) is 0. The summed E-state index contributed by atoms with van der Waals surface area (Å²) in [5, 5.41) is 11.1. The molecule has 26 heavy (non-hydrogen) atoms. The Morgan fingerprint density at radius 1 is 1.12 bits per heavy atom. The number of anilines is 2. The van der Waals surface area contributed by atoms with Crippen LogP contribution < -0.4 is 10.2 Å². The van der Waals surface area contributed by atoms with E-state index >= 15 is 0 Å². The average Bonchev–Trinajstić information content (AvgIpc) is 3.15. The first-order valence-corrected chi connectivity index (χ1v) is 9.51. The Hall–Kier alpha value is -2.45. The number of carbonyl (C=O) groups is 1. The maximum Gasteiger partial charge on any atom is 0.245 e. The number of aromatic nitrogens is 4. The standard InChI is InChI=1S/C17H25N7O2/c1-2-23-11-12(9-13(23)25)10-18-16-17(24-7-5-3-4-6-8-24)20-15-14(19-16)21-26-22-15/h12H,2-11H2,1H3,(H,18,19,21). The topological polar surface area (TPSA) is 100 Å². The van der Waals surface area contributed by atoms with Crippen molar-refractivity contribution >= 4 is 28.8 Å². The Bertz CT molecular complexity index is 770. The van der Waals surface area contributed by atoms with Crippen molar-refractivity contribution in [3.63, 3.8) is 0 Å². The minimum absolute atomic E-state index is 0.231. The molecule has 4 heterocycles. The monoisotopic (exact) mass is 359 g/mol. The molecule has 9 heteroatoms. The number of hydrogen-bond donors (Lipinski definition) is 1. The van der Waals surface area contributed by atoms with Gasteiger partial charge in [0.2, 0.25) is 17.2 Å². The smallest absolute Gasteiger partial charge is 0.245 e. The largest absolute Gasteiger partial charge is 0.367 e. The quantitative estimate of drug-likeness (QED) is 0.860. The molecule has 2 fully saturated rings. The number of amides is 1. The molecule has 4 rings (SSSR count). The van der Waals surface area contributed by atoms with Gasteiger partial charge in [-0.15, -0.1) is 0 Å². The second kappa shape index (κ2) is 7.43. The van der Waals surface area contributed by atoms with E-state index in [0.29, 0.717) is 30.1 Å². The summed E-state index contributed by atoms with van der Waals surface area (Å²) < 4.78 is 4.78. The molecule has 140 valence electrons. The Kier molecular flexibility index (Phi) is 4.85. The average molecular weight is 359 g/mol. The first-order valence-electron chi connectivity index (χ1n) is 9.51. The van der Waals surface area contributed by atoms with E-state index in [2.05, 4.69) is 30.5 Å². The molecule has 1 amide bonds. The summed E-state index contributed by atoms with van der Waals surface area (Å²) in [4.78, 5) is 25.4. The highest BCUT2D eigenvalue weighted by Crippen LogP contribution is 2.27. The van der Waals surface area contributed by atoms with Crippen molar-refractivity contribution in [2.24, 2.45) is 5.92 Å². The molecule has 2 aliphatic rings. The van der Waals surface area contributed by atoms with E-state index in [1.54, 1.807) is 0 Å². The number of nitrogens with one attached hydrogen (secondary N) is 1. The van der Waals surface area contributed by atoms with E-state index in [-0.39, 0.29) is 11.8 Å². The van der Waals surface area contributed by atoms with Gasteiger partial charge in [-0.1, -0.05) is 12.8 Å². The van der Waals surface area contributed by atoms with Gasteiger partial charge in [-0.05, 0) is 30.1 Å². The fraction of sp³-hybridized carbons (Fsp3) is 0.706. The third-order valence-corrected chi connectivity index (χ3v) is 5.24. The van der Waals surface area contributed by atoms with Gasteiger partial charge in [0.05, 0.1) is 0 Å². The molecule has 2 aliphatic heterocycles. The number of carbonyl (C=O) groups excluding carboxylic acids is 1. The molecular weight excluding hydrogens is 334 g/mol. The predicted octanol–water partition coefficient (Wildman–Crippen LogP) is 1.67. The summed E-state index contributed by atoms with van der Waals surface area (Å²) >= 11 is 0. The molecule has 9 nitrogen and oxygen atoms in total. The molecule has 0 radical (unpaired) electrons. The van der Waals surface area contributed by atoms with Gasteiger partial charge in [0.25, 0.3) is 0 Å². The van der Waals surface area contributed by atoms with Crippen molar-refractivity contribution in [3.05, 3.63) is 0 Å². The first-order chi connectivity index (χ1) is 12.7. The maximum atomic E-state index is 12.0. The molecule has 1 unspecified atom stereocenters. The van der Waals surface area contributed by atoms with E-state index in [0.717, 1.165) is 44.8 Å². The van der Waals surface area contributed by atoms with Crippen LogP contribution in [0, 0.1) is 5.92 Å². The van der Waals surface area contributed by atoms with E-state index in [9.17, 15) is 4.79 Å². The highest BCUT2D eigenvalue weighted by molar-refractivity contribution is 5.79. The highest BCUT2D eigenvalue weighted by Gasteiger charge is 2.29. The van der Waals surface area contributed by atoms with E-state index < -0.39 is 0 Å². The second-order valence-corrected chi connectivity index (χ2v) is 7.09. The minimum atomic E-state index is 0.231. The number of rotatable bonds is 5. The summed E-state index contributed by atoms with van der Waals surface area (Å²) in [6.07, 6.45) is 5.38. The van der Waals surface area contributed by atoms with E-state index in [1.165, 1.54) is 12.8 Å². The lowest BCUT2D eigenvalue weighted by atomic mass is 10.1. The zero-order valence-electron chi connectivity index (χ0n) is 15.1. The maximum absolute atomic E-state index is 12.0. The van der Waals surface area contributed by atoms with E-state index in [4.69, 9.17) is 4.63 Å². The number of hydrogen-bond acceptors (Lipinski definition) is 8. The normalized spacial score (nSPS) is 21.4. The molecule has 2 saturated heterocycles. The molecule has 2 aromatic heterocycles. The Balaban J connectivity index is 1.54. The summed E-state index contributed by atoms with van der Waals surface area (Å²) in [6.45, 7) is 6.20. The van der Waals surface area contributed by atoms with Gasteiger partial charge in [-0.3, -0.25) is 4.79 Å². The van der Waals surface area contributed by atoms with Gasteiger partial charge in [0, 0.05) is 45.1 Å². The zero-order valence-corrected chi connectivity index (χ0v) is 15.1. The van der Waals surface area contributed by atoms with Gasteiger partial charge in [-0.25, -0.2) is 14.6 Å². The summed E-state index contributed by atoms with van der Waals surface area (Å²) in [5.74, 6) is 2.03. The van der Waals surface area contributed by atoms with Crippen molar-refractivity contribution < 1.29 is 9.42 Å². The molecule has 0 bridgehead atoms. The Morgan fingerprint density at radius 3 is 2.54 bits per heavy atom. The van der Waals surface area contributed by atoms with Crippen LogP contribution in [0.1, 0.15) is 39.0 Å². The molecule has 0 aliphatic carbocycles. The van der Waals surface area contributed by atoms with Crippen molar-refractivity contribution in [2.45, 2.75) is 39.0 Å². The van der Waals surface area contributed by atoms with Crippen LogP contribution in [0.3, 0.4) is 0 Å². The number of fused-ring (bicyclic) bond motifs is 1. The first kappa shape index (κ1) is 17.0. The minimum Gasteiger partial charge on any atom is -0.367 e. The third-order valence-electron chi connectivity index (χ3n) is 5.24. The van der Waals surface area contributed by atoms with Gasteiger partial charge in [-0.2, -0.15) is 0 Å². The molecule has 0 saturated carbocycles. The number of likely N-dealkylation sites (tertiary alicyclic amines) is 1. The summed E-state index contributed by atoms with van der Waals surface area (Å²) in [7, 11) is 0. The fourth-order valence-corrected chi connectivity index (χ4v) is 3.79. The molecular formula is C17H25N7O2.